The molecule has 1 atom stereocenters. The first-order valence-corrected chi connectivity index (χ1v) is 11.6. The highest BCUT2D eigenvalue weighted by Crippen LogP contribution is 2.38. The van der Waals surface area contributed by atoms with E-state index in [4.69, 9.17) is 32.7 Å². The van der Waals surface area contributed by atoms with Gasteiger partial charge in [0.1, 0.15) is 23.4 Å². The zero-order chi connectivity index (χ0) is 23.1. The van der Waals surface area contributed by atoms with Crippen LogP contribution in [0.25, 0.3) is 0 Å². The predicted octanol–water partition coefficient (Wildman–Crippen LogP) is 5.12. The Bertz CT molecular complexity index is 930. The number of amides is 2. The van der Waals surface area contributed by atoms with E-state index in [1.807, 2.05) is 0 Å². The molecule has 3 rings (SSSR count). The standard InChI is InChI=1S/C24H28Cl2N2O4/c1-31-19-12-13-20(21(14-19)32-2)28(22(29)15-25)23(16-8-10-17(26)11-9-16)24(30)27-18-6-4-3-5-7-18/h8-14,18,23H,3-7,15H2,1-2H3,(H,27,30)/t23-/m0/s1. The highest BCUT2D eigenvalue weighted by atomic mass is 35.5. The molecule has 0 spiro atoms. The number of hydrogen-bond donors (Lipinski definition) is 1. The summed E-state index contributed by atoms with van der Waals surface area (Å²) in [5.41, 5.74) is 1.05. The molecule has 2 aromatic carbocycles. The number of alkyl halides is 1. The van der Waals surface area contributed by atoms with Gasteiger partial charge >= 0.3 is 0 Å². The molecule has 2 aromatic rings. The first-order valence-electron chi connectivity index (χ1n) is 10.6. The van der Waals surface area contributed by atoms with E-state index >= 15 is 0 Å². The number of carbonyl (C=O) groups is 2. The third-order valence-corrected chi connectivity index (χ3v) is 6.15. The molecule has 0 unspecified atom stereocenters. The Kier molecular flexibility index (Phi) is 8.65. The number of halogens is 2. The van der Waals surface area contributed by atoms with Crippen molar-refractivity contribution in [1.29, 1.82) is 0 Å². The summed E-state index contributed by atoms with van der Waals surface area (Å²) >= 11 is 12.1. The van der Waals surface area contributed by atoms with Gasteiger partial charge < -0.3 is 14.8 Å². The Morgan fingerprint density at radius 2 is 1.75 bits per heavy atom. The van der Waals surface area contributed by atoms with E-state index in [1.165, 1.54) is 18.4 Å². The Balaban J connectivity index is 2.08. The van der Waals surface area contributed by atoms with Crippen LogP contribution in [0.15, 0.2) is 42.5 Å². The van der Waals surface area contributed by atoms with Gasteiger partial charge in [0, 0.05) is 17.1 Å². The molecule has 0 aliphatic heterocycles. The van der Waals surface area contributed by atoms with Crippen LogP contribution in [0.2, 0.25) is 5.02 Å². The molecule has 1 aliphatic carbocycles. The number of rotatable bonds is 8. The third kappa shape index (κ3) is 5.67. The van der Waals surface area contributed by atoms with Gasteiger partial charge in [0.05, 0.1) is 19.9 Å². The first kappa shape index (κ1) is 24.2. The van der Waals surface area contributed by atoms with Crippen molar-refractivity contribution in [3.8, 4) is 11.5 Å². The average molecular weight is 479 g/mol. The lowest BCUT2D eigenvalue weighted by molar-refractivity contribution is -0.126. The Labute approximate surface area is 198 Å². The van der Waals surface area contributed by atoms with Crippen molar-refractivity contribution in [1.82, 2.24) is 5.32 Å². The minimum absolute atomic E-state index is 0.0803. The van der Waals surface area contributed by atoms with Crippen molar-refractivity contribution in [3.05, 3.63) is 53.1 Å². The lowest BCUT2D eigenvalue weighted by Gasteiger charge is -2.34. The second-order valence-corrected chi connectivity index (χ2v) is 8.44. The van der Waals surface area contributed by atoms with Crippen molar-refractivity contribution in [2.75, 3.05) is 25.0 Å². The molecular formula is C24H28Cl2N2O4. The van der Waals surface area contributed by atoms with E-state index in [0.717, 1.165) is 25.7 Å². The predicted molar refractivity (Wildman–Crippen MR) is 127 cm³/mol. The number of nitrogens with zero attached hydrogens (tertiary/aromatic N) is 1. The molecule has 2 amide bonds. The zero-order valence-electron chi connectivity index (χ0n) is 18.3. The lowest BCUT2D eigenvalue weighted by Crippen LogP contribution is -2.47. The van der Waals surface area contributed by atoms with Crippen LogP contribution in [0.1, 0.15) is 43.7 Å². The summed E-state index contributed by atoms with van der Waals surface area (Å²) in [4.78, 5) is 28.1. The quantitative estimate of drug-likeness (QED) is 0.534. The summed E-state index contributed by atoms with van der Waals surface area (Å²) < 4.78 is 10.8. The van der Waals surface area contributed by atoms with Gasteiger partial charge in [-0.25, -0.2) is 0 Å². The number of benzene rings is 2. The van der Waals surface area contributed by atoms with E-state index < -0.39 is 11.9 Å². The fourth-order valence-corrected chi connectivity index (χ4v) is 4.31. The number of carbonyl (C=O) groups excluding carboxylic acids is 2. The fourth-order valence-electron chi connectivity index (χ4n) is 4.06. The van der Waals surface area contributed by atoms with Crippen LogP contribution >= 0.6 is 23.2 Å². The Morgan fingerprint density at radius 1 is 1.06 bits per heavy atom. The number of methoxy groups -OCH3 is 2. The molecule has 32 heavy (non-hydrogen) atoms. The van der Waals surface area contributed by atoms with Crippen molar-refractivity contribution >= 4 is 40.7 Å². The Hall–Kier alpha value is -2.44. The summed E-state index contributed by atoms with van der Waals surface area (Å²) in [7, 11) is 3.05. The summed E-state index contributed by atoms with van der Waals surface area (Å²) in [6.45, 7) is 0. The smallest absolute Gasteiger partial charge is 0.248 e. The second kappa shape index (κ2) is 11.4. The first-order chi connectivity index (χ1) is 15.5. The Morgan fingerprint density at radius 3 is 2.34 bits per heavy atom. The summed E-state index contributed by atoms with van der Waals surface area (Å²) in [6, 6.07) is 11.1. The molecule has 1 saturated carbocycles. The molecule has 6 nitrogen and oxygen atoms in total. The molecule has 1 fully saturated rings. The number of ether oxygens (including phenoxy) is 2. The van der Waals surface area contributed by atoms with E-state index in [1.54, 1.807) is 49.6 Å². The molecule has 0 bridgehead atoms. The van der Waals surface area contributed by atoms with Crippen molar-refractivity contribution < 1.29 is 19.1 Å². The van der Waals surface area contributed by atoms with Crippen LogP contribution in [-0.4, -0.2) is 38.0 Å². The van der Waals surface area contributed by atoms with Gasteiger partial charge in [-0.1, -0.05) is 43.0 Å². The van der Waals surface area contributed by atoms with Crippen LogP contribution < -0.4 is 19.7 Å². The number of anilines is 1. The maximum Gasteiger partial charge on any atom is 0.248 e. The zero-order valence-corrected chi connectivity index (χ0v) is 19.8. The van der Waals surface area contributed by atoms with Gasteiger partial charge in [0.15, 0.2) is 0 Å². The highest BCUT2D eigenvalue weighted by Gasteiger charge is 2.35. The molecule has 1 aliphatic rings. The average Bonchev–Trinajstić information content (AvgIpc) is 2.83. The molecule has 0 aromatic heterocycles. The lowest BCUT2D eigenvalue weighted by atomic mass is 9.94. The minimum atomic E-state index is -0.942. The number of nitrogens with one attached hydrogen (secondary N) is 1. The van der Waals surface area contributed by atoms with Gasteiger partial charge in [-0.3, -0.25) is 14.5 Å². The van der Waals surface area contributed by atoms with Crippen LogP contribution in [0.4, 0.5) is 5.69 Å². The molecule has 0 saturated heterocycles. The molecular weight excluding hydrogens is 451 g/mol. The van der Waals surface area contributed by atoms with Crippen molar-refractivity contribution in [2.24, 2.45) is 0 Å². The topological polar surface area (TPSA) is 67.9 Å². The van der Waals surface area contributed by atoms with E-state index in [2.05, 4.69) is 5.32 Å². The largest absolute Gasteiger partial charge is 0.497 e. The molecule has 1 N–H and O–H groups in total. The summed E-state index contributed by atoms with van der Waals surface area (Å²) in [6.07, 6.45) is 5.18. The maximum atomic E-state index is 13.6. The normalized spacial score (nSPS) is 15.0. The highest BCUT2D eigenvalue weighted by molar-refractivity contribution is 6.30. The van der Waals surface area contributed by atoms with Crippen LogP contribution in [0, 0.1) is 0 Å². The maximum absolute atomic E-state index is 13.6. The SMILES string of the molecule is COc1ccc(N(C(=O)CCl)[C@H](C(=O)NC2CCCCC2)c2ccc(Cl)cc2)c(OC)c1. The molecule has 0 radical (unpaired) electrons. The van der Waals surface area contributed by atoms with E-state index in [-0.39, 0.29) is 17.8 Å². The second-order valence-electron chi connectivity index (χ2n) is 7.73. The molecule has 172 valence electrons. The monoisotopic (exact) mass is 478 g/mol. The fraction of sp³-hybridized carbons (Fsp3) is 0.417. The van der Waals surface area contributed by atoms with Gasteiger partial charge in [-0.2, -0.15) is 0 Å². The summed E-state index contributed by atoms with van der Waals surface area (Å²) in [5, 5.41) is 3.69. The van der Waals surface area contributed by atoms with Crippen LogP contribution in [0.5, 0.6) is 11.5 Å². The molecule has 8 heteroatoms. The van der Waals surface area contributed by atoms with Gasteiger partial charge in [-0.15, -0.1) is 11.6 Å². The van der Waals surface area contributed by atoms with Gasteiger partial charge in [0.2, 0.25) is 11.8 Å². The minimum Gasteiger partial charge on any atom is -0.497 e. The number of hydrogen-bond acceptors (Lipinski definition) is 4. The van der Waals surface area contributed by atoms with Gasteiger partial charge in [-0.05, 0) is 42.7 Å². The van der Waals surface area contributed by atoms with Gasteiger partial charge in [0.25, 0.3) is 0 Å². The van der Waals surface area contributed by atoms with Crippen molar-refractivity contribution in [2.45, 2.75) is 44.2 Å². The van der Waals surface area contributed by atoms with E-state index in [0.29, 0.717) is 27.8 Å². The van der Waals surface area contributed by atoms with Crippen LogP contribution in [-0.2, 0) is 9.59 Å². The summed E-state index contributed by atoms with van der Waals surface area (Å²) in [5.74, 6) is -0.0223. The van der Waals surface area contributed by atoms with E-state index in [9.17, 15) is 9.59 Å². The van der Waals surface area contributed by atoms with Crippen LogP contribution in [0.3, 0.4) is 0 Å². The third-order valence-electron chi connectivity index (χ3n) is 5.67. The van der Waals surface area contributed by atoms with Crippen molar-refractivity contribution in [3.63, 3.8) is 0 Å². The molecule has 0 heterocycles.